The van der Waals surface area contributed by atoms with Gasteiger partial charge in [0.2, 0.25) is 11.8 Å². The van der Waals surface area contributed by atoms with Gasteiger partial charge in [0.1, 0.15) is 11.6 Å². The number of hydrogen-bond acceptors (Lipinski definition) is 10. The van der Waals surface area contributed by atoms with Crippen LogP contribution >= 0.6 is 0 Å². The van der Waals surface area contributed by atoms with Crippen molar-refractivity contribution >= 4 is 23.4 Å². The number of nitrogens with zero attached hydrogens (tertiary/aromatic N) is 2. The lowest BCUT2D eigenvalue weighted by molar-refractivity contribution is -0.122. The van der Waals surface area contributed by atoms with E-state index in [0.717, 1.165) is 0 Å². The molecule has 0 aromatic rings. The summed E-state index contributed by atoms with van der Waals surface area (Å²) in [5.41, 5.74) is 21.9. The molecule has 2 amide bonds. The van der Waals surface area contributed by atoms with Gasteiger partial charge in [-0.25, -0.2) is 0 Å². The van der Waals surface area contributed by atoms with Crippen LogP contribution in [0.5, 0.6) is 0 Å². The highest BCUT2D eigenvalue weighted by Gasteiger charge is 2.15. The van der Waals surface area contributed by atoms with Gasteiger partial charge in [-0.05, 0) is 25.9 Å². The third-order valence-corrected chi connectivity index (χ3v) is 5.71. The van der Waals surface area contributed by atoms with Crippen LogP contribution in [0.1, 0.15) is 51.4 Å². The minimum absolute atomic E-state index is 0.0918. The third kappa shape index (κ3) is 20.3. The van der Waals surface area contributed by atoms with Gasteiger partial charge in [-0.1, -0.05) is 0 Å². The van der Waals surface area contributed by atoms with Crippen molar-refractivity contribution in [1.82, 2.24) is 20.4 Å². The molecule has 0 aliphatic carbocycles. The van der Waals surface area contributed by atoms with E-state index in [0.29, 0.717) is 130 Å². The molecule has 0 bridgehead atoms. The predicted octanol–water partition coefficient (Wildman–Crippen LogP) is -2.08. The van der Waals surface area contributed by atoms with Gasteiger partial charge in [-0.3, -0.25) is 19.2 Å². The molecule has 0 saturated heterocycles. The zero-order chi connectivity index (χ0) is 27.0. The van der Waals surface area contributed by atoms with Gasteiger partial charge in [0.25, 0.3) is 0 Å². The first-order valence-electron chi connectivity index (χ1n) is 13.2. The van der Waals surface area contributed by atoms with E-state index in [1.165, 1.54) is 0 Å². The second-order valence-electron chi connectivity index (χ2n) is 8.82. The van der Waals surface area contributed by atoms with Crippen LogP contribution in [-0.4, -0.2) is 112 Å². The Hall–Kier alpha value is -1.96. The SMILES string of the molecule is NCCCC(=O)CCN(CCC(=O)CCCN)CCN(CCC(=O)NCCN)CCC(=O)NCCN. The number of rotatable bonds is 25. The molecule has 12 heteroatoms. The topological polar surface area (TPSA) is 203 Å². The van der Waals surface area contributed by atoms with Gasteiger partial charge < -0.3 is 43.4 Å². The van der Waals surface area contributed by atoms with Crippen molar-refractivity contribution in [2.24, 2.45) is 22.9 Å². The van der Waals surface area contributed by atoms with Gasteiger partial charge >= 0.3 is 0 Å². The Balaban J connectivity index is 5.00. The van der Waals surface area contributed by atoms with E-state index < -0.39 is 0 Å². The summed E-state index contributed by atoms with van der Waals surface area (Å²) in [4.78, 5) is 52.6. The molecule has 210 valence electrons. The van der Waals surface area contributed by atoms with E-state index in [4.69, 9.17) is 22.9 Å². The zero-order valence-corrected chi connectivity index (χ0v) is 22.0. The Labute approximate surface area is 216 Å². The predicted molar refractivity (Wildman–Crippen MR) is 142 cm³/mol. The average molecular weight is 515 g/mol. The Bertz CT molecular complexity index is 521. The fraction of sp³-hybridized carbons (Fsp3) is 0.833. The first kappa shape index (κ1) is 34.0. The quantitative estimate of drug-likeness (QED) is 0.0784. The lowest BCUT2D eigenvalue weighted by Crippen LogP contribution is -2.41. The molecule has 12 nitrogen and oxygen atoms in total. The number of carbonyl (C=O) groups excluding carboxylic acids is 4. The lowest BCUT2D eigenvalue weighted by Gasteiger charge is -2.27. The molecular weight excluding hydrogens is 464 g/mol. The molecule has 0 aromatic carbocycles. The monoisotopic (exact) mass is 514 g/mol. The molecular formula is C24H50N8O4. The fourth-order valence-electron chi connectivity index (χ4n) is 3.49. The highest BCUT2D eigenvalue weighted by Crippen LogP contribution is 2.04. The molecule has 0 rings (SSSR count). The summed E-state index contributed by atoms with van der Waals surface area (Å²) in [5.74, 6) is 0.131. The number of amides is 2. The number of Topliss-reactive ketones (excluding diaryl/α,β-unsaturated/α-hetero) is 2. The van der Waals surface area contributed by atoms with Gasteiger partial charge in [0.15, 0.2) is 0 Å². The molecule has 0 atom stereocenters. The number of hydrogen-bond donors (Lipinski definition) is 6. The fourth-order valence-corrected chi connectivity index (χ4v) is 3.49. The zero-order valence-electron chi connectivity index (χ0n) is 22.0. The summed E-state index contributed by atoms with van der Waals surface area (Å²) in [6.07, 6.45) is 3.65. The minimum atomic E-state index is -0.0918. The van der Waals surface area contributed by atoms with Crippen molar-refractivity contribution in [2.45, 2.75) is 51.4 Å². The molecule has 0 unspecified atom stereocenters. The summed E-state index contributed by atoms with van der Waals surface area (Å²) in [6.45, 7) is 5.85. The van der Waals surface area contributed by atoms with Crippen LogP contribution in [0.3, 0.4) is 0 Å². The van der Waals surface area contributed by atoms with E-state index in [9.17, 15) is 19.2 Å². The maximum atomic E-state index is 12.2. The molecule has 0 aromatic heterocycles. The molecule has 0 fully saturated rings. The molecule has 0 saturated carbocycles. The summed E-state index contributed by atoms with van der Waals surface area (Å²) in [5, 5.41) is 5.51. The van der Waals surface area contributed by atoms with Gasteiger partial charge in [-0.15, -0.1) is 0 Å². The van der Waals surface area contributed by atoms with Crippen LogP contribution < -0.4 is 33.6 Å². The number of nitrogens with two attached hydrogens (primary N) is 4. The van der Waals surface area contributed by atoms with Gasteiger partial charge in [-0.2, -0.15) is 0 Å². The van der Waals surface area contributed by atoms with Crippen LogP contribution in [0.25, 0.3) is 0 Å². The summed E-state index contributed by atoms with van der Waals surface area (Å²) < 4.78 is 0. The molecule has 0 radical (unpaired) electrons. The van der Waals surface area contributed by atoms with E-state index in [2.05, 4.69) is 20.4 Å². The van der Waals surface area contributed by atoms with Crippen LogP contribution in [0.2, 0.25) is 0 Å². The maximum Gasteiger partial charge on any atom is 0.221 e. The Kier molecular flexibility index (Phi) is 22.2. The summed E-state index contributed by atoms with van der Waals surface area (Å²) in [6, 6.07) is 0. The van der Waals surface area contributed by atoms with Crippen LogP contribution in [0.4, 0.5) is 0 Å². The van der Waals surface area contributed by atoms with Crippen LogP contribution in [-0.2, 0) is 19.2 Å². The largest absolute Gasteiger partial charge is 0.355 e. The molecule has 0 spiro atoms. The average Bonchev–Trinajstić information content (AvgIpc) is 2.88. The van der Waals surface area contributed by atoms with Gasteiger partial charge in [0.05, 0.1) is 0 Å². The standard InChI is InChI=1S/C24H50N8O4/c25-9-1-3-21(33)5-15-31(16-6-22(34)4-2-10-26)19-20-32(17-7-23(35)29-13-11-27)18-8-24(36)30-14-12-28/h1-20,25-28H2,(H,29,35)(H,30,36). The second-order valence-corrected chi connectivity index (χ2v) is 8.82. The third-order valence-electron chi connectivity index (χ3n) is 5.71. The smallest absolute Gasteiger partial charge is 0.221 e. The normalized spacial score (nSPS) is 11.2. The molecule has 0 heterocycles. The second kappa shape index (κ2) is 23.4. The minimum Gasteiger partial charge on any atom is -0.355 e. The van der Waals surface area contributed by atoms with Crippen molar-refractivity contribution < 1.29 is 19.2 Å². The Morgan fingerprint density at radius 3 is 1.17 bits per heavy atom. The lowest BCUT2D eigenvalue weighted by atomic mass is 10.1. The van der Waals surface area contributed by atoms with Crippen molar-refractivity contribution in [3.63, 3.8) is 0 Å². The molecule has 0 aliphatic heterocycles. The van der Waals surface area contributed by atoms with Gasteiger partial charge in [0, 0.05) is 104 Å². The highest BCUT2D eigenvalue weighted by molar-refractivity contribution is 5.79. The molecule has 0 aliphatic rings. The van der Waals surface area contributed by atoms with Crippen molar-refractivity contribution in [1.29, 1.82) is 0 Å². The molecule has 36 heavy (non-hydrogen) atoms. The van der Waals surface area contributed by atoms with Crippen LogP contribution in [0.15, 0.2) is 0 Å². The summed E-state index contributed by atoms with van der Waals surface area (Å²) >= 11 is 0. The van der Waals surface area contributed by atoms with E-state index in [1.807, 2.05) is 0 Å². The Morgan fingerprint density at radius 2 is 0.833 bits per heavy atom. The number of nitrogens with one attached hydrogen (secondary N) is 2. The molecule has 10 N–H and O–H groups in total. The highest BCUT2D eigenvalue weighted by atomic mass is 16.2. The van der Waals surface area contributed by atoms with E-state index in [1.54, 1.807) is 0 Å². The van der Waals surface area contributed by atoms with Crippen molar-refractivity contribution in [3.05, 3.63) is 0 Å². The van der Waals surface area contributed by atoms with Crippen LogP contribution in [0, 0.1) is 0 Å². The van der Waals surface area contributed by atoms with E-state index in [-0.39, 0.29) is 23.4 Å². The maximum absolute atomic E-state index is 12.2. The van der Waals surface area contributed by atoms with Crippen molar-refractivity contribution in [3.8, 4) is 0 Å². The van der Waals surface area contributed by atoms with Crippen molar-refractivity contribution in [2.75, 3.05) is 78.5 Å². The Morgan fingerprint density at radius 1 is 0.472 bits per heavy atom. The first-order valence-corrected chi connectivity index (χ1v) is 13.2. The first-order chi connectivity index (χ1) is 17.4. The number of ketones is 2. The summed E-state index contributed by atoms with van der Waals surface area (Å²) in [7, 11) is 0. The number of carbonyl (C=O) groups is 4. The van der Waals surface area contributed by atoms with E-state index >= 15 is 0 Å².